The van der Waals surface area contributed by atoms with Gasteiger partial charge in [-0.15, -0.1) is 0 Å². The third-order valence-corrected chi connectivity index (χ3v) is 4.32. The minimum Gasteiger partial charge on any atom is -0.451 e. The second-order valence-corrected chi connectivity index (χ2v) is 6.44. The third kappa shape index (κ3) is 3.73. The van der Waals surface area contributed by atoms with Gasteiger partial charge in [0.25, 0.3) is 5.91 Å². The zero-order chi connectivity index (χ0) is 18.0. The molecule has 0 atom stereocenters. The molecular weight excluding hydrogens is 323 g/mol. The summed E-state index contributed by atoms with van der Waals surface area (Å²) in [7, 11) is 0. The lowest BCUT2D eigenvalue weighted by molar-refractivity contribution is -0.135. The minimum absolute atomic E-state index is 0.0365. The van der Waals surface area contributed by atoms with E-state index in [9.17, 15) is 14.0 Å². The van der Waals surface area contributed by atoms with Crippen LogP contribution >= 0.6 is 0 Å². The monoisotopic (exact) mass is 344 g/mol. The Balaban J connectivity index is 1.65. The van der Waals surface area contributed by atoms with Crippen molar-refractivity contribution in [2.24, 2.45) is 5.92 Å². The fourth-order valence-electron chi connectivity index (χ4n) is 2.87. The second kappa shape index (κ2) is 7.09. The second-order valence-electron chi connectivity index (χ2n) is 6.44. The molecule has 0 N–H and O–H groups in total. The standard InChI is InChI=1S/C19H21FN2O3/c1-13(2)18(23)21-9-11-22(12-10-21)19(24)17-8-7-16(25-17)14-3-5-15(20)6-4-14/h3-8,13H,9-12H2,1-2H3. The van der Waals surface area contributed by atoms with Crippen LogP contribution in [0.4, 0.5) is 4.39 Å². The molecule has 5 nitrogen and oxygen atoms in total. The van der Waals surface area contributed by atoms with E-state index in [2.05, 4.69) is 0 Å². The van der Waals surface area contributed by atoms with E-state index in [4.69, 9.17) is 4.42 Å². The highest BCUT2D eigenvalue weighted by Crippen LogP contribution is 2.23. The topological polar surface area (TPSA) is 53.8 Å². The number of hydrogen-bond acceptors (Lipinski definition) is 3. The lowest BCUT2D eigenvalue weighted by atomic mass is 10.1. The van der Waals surface area contributed by atoms with Crippen molar-refractivity contribution in [3.8, 4) is 11.3 Å². The van der Waals surface area contributed by atoms with Crippen LogP contribution in [0.1, 0.15) is 24.4 Å². The summed E-state index contributed by atoms with van der Waals surface area (Å²) < 4.78 is 18.6. The van der Waals surface area contributed by atoms with Crippen molar-refractivity contribution >= 4 is 11.8 Å². The summed E-state index contributed by atoms with van der Waals surface area (Å²) in [6, 6.07) is 9.26. The van der Waals surface area contributed by atoms with Crippen LogP contribution in [0.3, 0.4) is 0 Å². The normalized spacial score (nSPS) is 14.9. The van der Waals surface area contributed by atoms with Gasteiger partial charge in [0.15, 0.2) is 5.76 Å². The summed E-state index contributed by atoms with van der Waals surface area (Å²) in [4.78, 5) is 28.1. The Morgan fingerprint density at radius 3 is 2.16 bits per heavy atom. The third-order valence-electron chi connectivity index (χ3n) is 4.32. The van der Waals surface area contributed by atoms with Gasteiger partial charge in [-0.1, -0.05) is 13.8 Å². The molecule has 0 unspecified atom stereocenters. The van der Waals surface area contributed by atoms with Crippen LogP contribution in [-0.4, -0.2) is 47.8 Å². The number of benzene rings is 1. The number of carbonyl (C=O) groups excluding carboxylic acids is 2. The van der Waals surface area contributed by atoms with Gasteiger partial charge in [-0.2, -0.15) is 0 Å². The fourth-order valence-corrected chi connectivity index (χ4v) is 2.87. The van der Waals surface area contributed by atoms with E-state index in [-0.39, 0.29) is 29.3 Å². The van der Waals surface area contributed by atoms with Gasteiger partial charge in [0.2, 0.25) is 5.91 Å². The molecule has 1 aromatic heterocycles. The minimum atomic E-state index is -0.319. The maximum atomic E-state index is 13.0. The van der Waals surface area contributed by atoms with Crippen LogP contribution in [0.2, 0.25) is 0 Å². The predicted octanol–water partition coefficient (Wildman–Crippen LogP) is 3.03. The average Bonchev–Trinajstić information content (AvgIpc) is 3.11. The quantitative estimate of drug-likeness (QED) is 0.860. The van der Waals surface area contributed by atoms with Crippen molar-refractivity contribution in [3.05, 3.63) is 48.0 Å². The van der Waals surface area contributed by atoms with Gasteiger partial charge < -0.3 is 14.2 Å². The maximum Gasteiger partial charge on any atom is 0.289 e. The maximum absolute atomic E-state index is 13.0. The Kier molecular flexibility index (Phi) is 4.88. The van der Waals surface area contributed by atoms with Crippen molar-refractivity contribution in [2.75, 3.05) is 26.2 Å². The molecule has 0 saturated carbocycles. The Hall–Kier alpha value is -2.63. The first kappa shape index (κ1) is 17.2. The van der Waals surface area contributed by atoms with E-state index in [1.165, 1.54) is 12.1 Å². The lowest BCUT2D eigenvalue weighted by Gasteiger charge is -2.35. The molecule has 132 valence electrons. The van der Waals surface area contributed by atoms with Crippen molar-refractivity contribution in [2.45, 2.75) is 13.8 Å². The largest absolute Gasteiger partial charge is 0.451 e. The van der Waals surface area contributed by atoms with Crippen molar-refractivity contribution in [1.29, 1.82) is 0 Å². The van der Waals surface area contributed by atoms with Crippen LogP contribution < -0.4 is 0 Å². The molecule has 3 rings (SSSR count). The summed E-state index contributed by atoms with van der Waals surface area (Å²) in [5.74, 6) is 0.347. The Labute approximate surface area is 146 Å². The molecule has 1 aliphatic rings. The first-order chi connectivity index (χ1) is 12.0. The molecule has 1 aliphatic heterocycles. The average molecular weight is 344 g/mol. The smallest absolute Gasteiger partial charge is 0.289 e. The number of carbonyl (C=O) groups is 2. The molecule has 0 radical (unpaired) electrons. The van der Waals surface area contributed by atoms with Gasteiger partial charge >= 0.3 is 0 Å². The molecular formula is C19H21FN2O3. The molecule has 1 saturated heterocycles. The van der Waals surface area contributed by atoms with Gasteiger partial charge in [0, 0.05) is 37.7 Å². The number of piperazine rings is 1. The van der Waals surface area contributed by atoms with E-state index in [0.29, 0.717) is 37.5 Å². The van der Waals surface area contributed by atoms with Gasteiger partial charge in [-0.05, 0) is 36.4 Å². The molecule has 1 fully saturated rings. The van der Waals surface area contributed by atoms with E-state index >= 15 is 0 Å². The van der Waals surface area contributed by atoms with E-state index < -0.39 is 0 Å². The summed E-state index contributed by atoms with van der Waals surface area (Å²) in [5, 5.41) is 0. The summed E-state index contributed by atoms with van der Waals surface area (Å²) >= 11 is 0. The van der Waals surface area contributed by atoms with Gasteiger partial charge in [0.05, 0.1) is 0 Å². The first-order valence-corrected chi connectivity index (χ1v) is 8.39. The van der Waals surface area contributed by atoms with E-state index in [1.807, 2.05) is 13.8 Å². The van der Waals surface area contributed by atoms with Gasteiger partial charge in [0.1, 0.15) is 11.6 Å². The molecule has 2 heterocycles. The molecule has 0 aliphatic carbocycles. The van der Waals surface area contributed by atoms with E-state index in [0.717, 1.165) is 0 Å². The fraction of sp³-hybridized carbons (Fsp3) is 0.368. The predicted molar refractivity (Wildman–Crippen MR) is 91.4 cm³/mol. The molecule has 2 aromatic rings. The number of hydrogen-bond donors (Lipinski definition) is 0. The van der Waals surface area contributed by atoms with Crippen molar-refractivity contribution in [1.82, 2.24) is 9.80 Å². The molecule has 6 heteroatoms. The van der Waals surface area contributed by atoms with E-state index in [1.54, 1.807) is 34.1 Å². The number of amides is 2. The highest BCUT2D eigenvalue weighted by atomic mass is 19.1. The molecule has 1 aromatic carbocycles. The molecule has 2 amide bonds. The number of rotatable bonds is 3. The SMILES string of the molecule is CC(C)C(=O)N1CCN(C(=O)c2ccc(-c3ccc(F)cc3)o2)CC1. The van der Waals surface area contributed by atoms with Crippen LogP contribution in [-0.2, 0) is 4.79 Å². The van der Waals surface area contributed by atoms with Crippen LogP contribution in [0, 0.1) is 11.7 Å². The number of nitrogens with zero attached hydrogens (tertiary/aromatic N) is 2. The molecule has 0 spiro atoms. The van der Waals surface area contributed by atoms with Crippen molar-refractivity contribution < 1.29 is 18.4 Å². The van der Waals surface area contributed by atoms with Crippen LogP contribution in [0.5, 0.6) is 0 Å². The summed E-state index contributed by atoms with van der Waals surface area (Å²) in [6.07, 6.45) is 0. The van der Waals surface area contributed by atoms with Gasteiger partial charge in [-0.25, -0.2) is 4.39 Å². The first-order valence-electron chi connectivity index (χ1n) is 8.39. The Morgan fingerprint density at radius 2 is 1.56 bits per heavy atom. The zero-order valence-corrected chi connectivity index (χ0v) is 14.4. The van der Waals surface area contributed by atoms with Crippen molar-refractivity contribution in [3.63, 3.8) is 0 Å². The Bertz CT molecular complexity index is 759. The van der Waals surface area contributed by atoms with Gasteiger partial charge in [-0.3, -0.25) is 9.59 Å². The molecule has 25 heavy (non-hydrogen) atoms. The Morgan fingerprint density at radius 1 is 0.960 bits per heavy atom. The number of furan rings is 1. The highest BCUT2D eigenvalue weighted by molar-refractivity contribution is 5.92. The summed E-state index contributed by atoms with van der Waals surface area (Å²) in [6.45, 7) is 5.80. The lowest BCUT2D eigenvalue weighted by Crippen LogP contribution is -2.51. The molecule has 0 bridgehead atoms. The van der Waals surface area contributed by atoms with Crippen LogP contribution in [0.15, 0.2) is 40.8 Å². The van der Waals surface area contributed by atoms with Crippen LogP contribution in [0.25, 0.3) is 11.3 Å². The number of halogens is 1. The zero-order valence-electron chi connectivity index (χ0n) is 14.4. The summed E-state index contributed by atoms with van der Waals surface area (Å²) in [5.41, 5.74) is 0.716. The highest BCUT2D eigenvalue weighted by Gasteiger charge is 2.27.